The minimum Gasteiger partial charge on any atom is -0.512 e. The zero-order valence-corrected chi connectivity index (χ0v) is 17.1. The van der Waals surface area contributed by atoms with E-state index in [0.717, 1.165) is 27.6 Å². The van der Waals surface area contributed by atoms with Crippen LogP contribution in [0.15, 0.2) is 60.5 Å². The second-order valence-corrected chi connectivity index (χ2v) is 5.65. The van der Waals surface area contributed by atoms with Crippen molar-refractivity contribution in [2.75, 3.05) is 0 Å². The summed E-state index contributed by atoms with van der Waals surface area (Å²) in [5.74, 6) is -0.322. The number of ketones is 1. The summed E-state index contributed by atoms with van der Waals surface area (Å²) >= 11 is 0. The molecule has 26 heavy (non-hydrogen) atoms. The van der Waals surface area contributed by atoms with Crippen molar-refractivity contribution in [3.05, 3.63) is 77.9 Å². The van der Waals surface area contributed by atoms with Crippen LogP contribution in [0.2, 0.25) is 0 Å². The molecular weight excluding hydrogens is 509 g/mol. The smallest absolute Gasteiger partial charge is 0.155 e. The van der Waals surface area contributed by atoms with Crippen LogP contribution in [0.25, 0.3) is 22.0 Å². The Morgan fingerprint density at radius 2 is 1.92 bits per heavy atom. The Morgan fingerprint density at radius 1 is 1.23 bits per heavy atom. The molecule has 5 heteroatoms. The van der Waals surface area contributed by atoms with Crippen molar-refractivity contribution in [2.45, 2.75) is 20.8 Å². The van der Waals surface area contributed by atoms with E-state index in [1.807, 2.05) is 37.3 Å². The molecule has 1 aromatic heterocycles. The van der Waals surface area contributed by atoms with Gasteiger partial charge in [0.15, 0.2) is 5.78 Å². The van der Waals surface area contributed by atoms with Crippen LogP contribution in [0.5, 0.6) is 0 Å². The molecule has 0 saturated heterocycles. The Hall–Kier alpha value is -2.36. The predicted octanol–water partition coefficient (Wildman–Crippen LogP) is 5.18. The van der Waals surface area contributed by atoms with E-state index in [1.165, 1.54) is 32.1 Å². The molecule has 1 N–H and O–H groups in total. The molecule has 0 amide bonds. The summed E-state index contributed by atoms with van der Waals surface area (Å²) in [5, 5.41) is 9.44. The van der Waals surface area contributed by atoms with Crippen LogP contribution < -0.4 is 0 Å². The Labute approximate surface area is 165 Å². The molecule has 0 saturated carbocycles. The van der Waals surface area contributed by atoms with Gasteiger partial charge in [-0.1, -0.05) is 36.8 Å². The Balaban J connectivity index is 0.000000366. The van der Waals surface area contributed by atoms with Crippen molar-refractivity contribution in [2.24, 2.45) is 0 Å². The van der Waals surface area contributed by atoms with Crippen LogP contribution in [-0.4, -0.2) is 15.9 Å². The van der Waals surface area contributed by atoms with E-state index in [9.17, 15) is 9.18 Å². The number of allylic oxidation sites excluding steroid dienone is 2. The van der Waals surface area contributed by atoms with Gasteiger partial charge in [-0.25, -0.2) is 0 Å². The van der Waals surface area contributed by atoms with Crippen molar-refractivity contribution < 1.29 is 34.4 Å². The Bertz CT molecular complexity index is 929. The monoisotopic (exact) mass is 529 g/mol. The molecular formula is C21H19FIrNO2-. The molecule has 0 atom stereocenters. The number of halogens is 1. The number of para-hydroxylation sites is 1. The van der Waals surface area contributed by atoms with E-state index >= 15 is 0 Å². The summed E-state index contributed by atoms with van der Waals surface area (Å²) in [4.78, 5) is 14.4. The molecule has 2 aromatic carbocycles. The van der Waals surface area contributed by atoms with Crippen molar-refractivity contribution in [1.29, 1.82) is 0 Å². The number of benzene rings is 2. The molecule has 0 fully saturated rings. The first-order chi connectivity index (χ1) is 11.9. The molecule has 3 nitrogen and oxygen atoms in total. The number of aliphatic hydroxyl groups is 1. The maximum atomic E-state index is 13.1. The molecule has 1 heterocycles. The van der Waals surface area contributed by atoms with Crippen LogP contribution in [-0.2, 0) is 24.9 Å². The standard InChI is InChI=1S/C16H11FN.C5H8O2.Ir/c1-11-10-13(17)7-8-14(11)15-6-2-4-12-5-3-9-18-16(12)15;1-4(6)3-5(2)7;/h2-7,9-10H,1H3;3,6H,1-2H3;/q-1;;/b;4-3-;. The molecule has 1 radical (unpaired) electrons. The quantitative estimate of drug-likeness (QED) is 0.283. The van der Waals surface area contributed by atoms with Crippen molar-refractivity contribution >= 4 is 16.7 Å². The third kappa shape index (κ3) is 5.87. The van der Waals surface area contributed by atoms with Crippen LogP contribution in [0.3, 0.4) is 0 Å². The average molecular weight is 529 g/mol. The zero-order valence-electron chi connectivity index (χ0n) is 14.7. The number of fused-ring (bicyclic) bond motifs is 1. The number of carbonyl (C=O) groups is 1. The Morgan fingerprint density at radius 3 is 2.50 bits per heavy atom. The van der Waals surface area contributed by atoms with E-state index in [2.05, 4.69) is 11.1 Å². The molecule has 137 valence electrons. The summed E-state index contributed by atoms with van der Waals surface area (Å²) < 4.78 is 13.1. The fourth-order valence-corrected chi connectivity index (χ4v) is 2.47. The molecule has 0 aliphatic rings. The fourth-order valence-electron chi connectivity index (χ4n) is 2.47. The topological polar surface area (TPSA) is 50.2 Å². The summed E-state index contributed by atoms with van der Waals surface area (Å²) in [6, 6.07) is 15.8. The van der Waals surface area contributed by atoms with Gasteiger partial charge in [0.2, 0.25) is 0 Å². The van der Waals surface area contributed by atoms with Gasteiger partial charge in [-0.3, -0.25) is 14.2 Å². The SMILES string of the molecule is CC(=O)/C=C(/C)O.Cc1cc(F)c[c-]c1-c1cccc2cccnc12.[Ir]. The molecule has 0 spiro atoms. The number of carbonyl (C=O) groups excluding carboxylic acids is 1. The average Bonchev–Trinajstić information content (AvgIpc) is 2.54. The normalized spacial score (nSPS) is 10.5. The van der Waals surface area contributed by atoms with Gasteiger partial charge in [0.25, 0.3) is 0 Å². The van der Waals surface area contributed by atoms with Crippen LogP contribution in [0.1, 0.15) is 19.4 Å². The molecule has 3 rings (SSSR count). The first-order valence-electron chi connectivity index (χ1n) is 7.78. The second kappa shape index (κ2) is 9.95. The molecule has 3 aromatic rings. The minimum atomic E-state index is -0.260. The first kappa shape index (κ1) is 21.7. The summed E-state index contributed by atoms with van der Waals surface area (Å²) in [6.45, 7) is 4.73. The van der Waals surface area contributed by atoms with E-state index in [0.29, 0.717) is 0 Å². The number of hydrogen-bond donors (Lipinski definition) is 1. The van der Waals surface area contributed by atoms with E-state index < -0.39 is 0 Å². The maximum Gasteiger partial charge on any atom is 0.155 e. The van der Waals surface area contributed by atoms with Gasteiger partial charge in [0.05, 0.1) is 5.76 Å². The maximum absolute atomic E-state index is 13.1. The number of rotatable bonds is 2. The summed E-state index contributed by atoms with van der Waals surface area (Å²) in [7, 11) is 0. The van der Waals surface area contributed by atoms with Gasteiger partial charge < -0.3 is 5.11 Å². The molecule has 0 aliphatic carbocycles. The van der Waals surface area contributed by atoms with Gasteiger partial charge in [-0.2, -0.15) is 0 Å². The number of nitrogens with zero attached hydrogens (tertiary/aromatic N) is 1. The van der Waals surface area contributed by atoms with E-state index in [-0.39, 0.29) is 37.5 Å². The van der Waals surface area contributed by atoms with Crippen LogP contribution in [0.4, 0.5) is 4.39 Å². The largest absolute Gasteiger partial charge is 0.512 e. The number of hydrogen-bond acceptors (Lipinski definition) is 3. The van der Waals surface area contributed by atoms with Crippen LogP contribution in [0, 0.1) is 18.8 Å². The zero-order chi connectivity index (χ0) is 18.4. The van der Waals surface area contributed by atoms with Crippen molar-refractivity contribution in [3.63, 3.8) is 0 Å². The van der Waals surface area contributed by atoms with Gasteiger partial charge in [0, 0.05) is 43.7 Å². The van der Waals surface area contributed by atoms with Crippen molar-refractivity contribution in [1.82, 2.24) is 4.98 Å². The molecule has 0 aliphatic heterocycles. The van der Waals surface area contributed by atoms with Gasteiger partial charge in [-0.15, -0.1) is 29.3 Å². The third-order valence-corrected chi connectivity index (χ3v) is 3.42. The van der Waals surface area contributed by atoms with Gasteiger partial charge in [-0.05, 0) is 25.3 Å². The van der Waals surface area contributed by atoms with Gasteiger partial charge in [0.1, 0.15) is 0 Å². The number of aryl methyl sites for hydroxylation is 1. The third-order valence-electron chi connectivity index (χ3n) is 3.42. The minimum absolute atomic E-state index is 0. The van der Waals surface area contributed by atoms with Gasteiger partial charge >= 0.3 is 0 Å². The molecule has 0 bridgehead atoms. The predicted molar refractivity (Wildman–Crippen MR) is 97.8 cm³/mol. The second-order valence-electron chi connectivity index (χ2n) is 5.65. The van der Waals surface area contributed by atoms with Crippen molar-refractivity contribution in [3.8, 4) is 11.1 Å². The first-order valence-corrected chi connectivity index (χ1v) is 7.78. The number of aliphatic hydroxyl groups excluding tert-OH is 1. The number of pyridine rings is 1. The van der Waals surface area contributed by atoms with E-state index in [1.54, 1.807) is 6.20 Å². The molecule has 0 unspecified atom stereocenters. The van der Waals surface area contributed by atoms with Crippen LogP contribution >= 0.6 is 0 Å². The Kier molecular flexibility index (Phi) is 8.30. The fraction of sp³-hybridized carbons (Fsp3) is 0.143. The number of aromatic nitrogens is 1. The summed E-state index contributed by atoms with van der Waals surface area (Å²) in [6.07, 6.45) is 2.94. The summed E-state index contributed by atoms with van der Waals surface area (Å²) in [5.41, 5.74) is 3.69. The van der Waals surface area contributed by atoms with E-state index in [4.69, 9.17) is 5.11 Å².